The number of hydrogen-bond donors (Lipinski definition) is 0. The Hall–Kier alpha value is -2.88. The highest BCUT2D eigenvalue weighted by molar-refractivity contribution is 6.33. The predicted octanol–water partition coefficient (Wildman–Crippen LogP) is 7.24. The van der Waals surface area contributed by atoms with E-state index >= 15 is 0 Å². The minimum absolute atomic E-state index is 0. The molecular formula is C25H20Cl2N2O. The van der Waals surface area contributed by atoms with Crippen LogP contribution < -0.4 is 0 Å². The van der Waals surface area contributed by atoms with E-state index in [0.29, 0.717) is 5.02 Å². The second-order valence-electron chi connectivity index (χ2n) is 7.10. The number of fused-ring (bicyclic) bond motifs is 1. The van der Waals surface area contributed by atoms with Crippen molar-refractivity contribution >= 4 is 46.7 Å². The molecule has 0 unspecified atom stereocenters. The summed E-state index contributed by atoms with van der Waals surface area (Å²) in [4.78, 5) is 9.24. The maximum absolute atomic E-state index is 6.31. The van der Waals surface area contributed by atoms with Gasteiger partial charge in [-0.3, -0.25) is 9.98 Å². The number of hydrogen-bond acceptors (Lipinski definition) is 3. The van der Waals surface area contributed by atoms with E-state index in [2.05, 4.69) is 35.3 Å². The molecule has 3 heterocycles. The van der Waals surface area contributed by atoms with E-state index in [-0.39, 0.29) is 12.4 Å². The molecule has 0 bridgehead atoms. The molecule has 0 atom stereocenters. The number of aliphatic imine (C=N–C) groups is 1. The summed E-state index contributed by atoms with van der Waals surface area (Å²) < 4.78 is 6.08. The average Bonchev–Trinajstić information content (AvgIpc) is 3.22. The van der Waals surface area contributed by atoms with E-state index in [1.165, 1.54) is 5.57 Å². The number of halogens is 2. The summed E-state index contributed by atoms with van der Waals surface area (Å²) in [5.41, 5.74) is 5.25. The van der Waals surface area contributed by atoms with Gasteiger partial charge in [-0.1, -0.05) is 35.9 Å². The lowest BCUT2D eigenvalue weighted by Crippen LogP contribution is -2.11. The van der Waals surface area contributed by atoms with Crippen molar-refractivity contribution in [3.63, 3.8) is 0 Å². The van der Waals surface area contributed by atoms with Crippen LogP contribution in [0.15, 0.2) is 87.9 Å². The molecule has 0 saturated carbocycles. The molecule has 0 saturated heterocycles. The molecule has 0 aliphatic carbocycles. The molecule has 3 nitrogen and oxygen atoms in total. The summed E-state index contributed by atoms with van der Waals surface area (Å²) in [6, 6.07) is 22.0. The Balaban J connectivity index is 0.00000218. The van der Waals surface area contributed by atoms with Crippen molar-refractivity contribution in [1.82, 2.24) is 4.98 Å². The van der Waals surface area contributed by atoms with Gasteiger partial charge in [0.15, 0.2) is 0 Å². The molecule has 0 N–H and O–H groups in total. The number of rotatable bonds is 3. The van der Waals surface area contributed by atoms with Crippen LogP contribution in [0, 0.1) is 0 Å². The molecule has 30 heavy (non-hydrogen) atoms. The topological polar surface area (TPSA) is 38.4 Å². The van der Waals surface area contributed by atoms with Crippen LogP contribution in [0.3, 0.4) is 0 Å². The van der Waals surface area contributed by atoms with Gasteiger partial charge in [-0.05, 0) is 67.0 Å². The van der Waals surface area contributed by atoms with Crippen molar-refractivity contribution in [2.24, 2.45) is 4.99 Å². The molecule has 150 valence electrons. The fourth-order valence-electron chi connectivity index (χ4n) is 3.73. The van der Waals surface area contributed by atoms with Gasteiger partial charge in [0, 0.05) is 29.3 Å². The minimum atomic E-state index is 0. The average molecular weight is 435 g/mol. The predicted molar refractivity (Wildman–Crippen MR) is 127 cm³/mol. The van der Waals surface area contributed by atoms with Crippen LogP contribution in [-0.2, 0) is 0 Å². The van der Waals surface area contributed by atoms with E-state index in [0.717, 1.165) is 58.6 Å². The fraction of sp³-hybridized carbons (Fsp3) is 0.120. The molecule has 2 aromatic heterocycles. The molecular weight excluding hydrogens is 415 g/mol. The minimum Gasteiger partial charge on any atom is -0.457 e. The van der Waals surface area contributed by atoms with Crippen molar-refractivity contribution in [2.75, 3.05) is 6.54 Å². The first-order valence-corrected chi connectivity index (χ1v) is 10.1. The standard InChI is InChI=1S/C25H19ClN2O.ClH/c26-22-8-2-1-7-21(22)24-12-10-20(29-24)16-18-6-4-14-28-25(18)19-9-11-23-17(15-19)5-3-13-27-23;/h1-3,5,7-13,15-16H,4,6,14H2;1H/b18-16+;. The van der Waals surface area contributed by atoms with Crippen LogP contribution in [-0.4, -0.2) is 17.2 Å². The van der Waals surface area contributed by atoms with E-state index in [1.54, 1.807) is 0 Å². The maximum Gasteiger partial charge on any atom is 0.136 e. The van der Waals surface area contributed by atoms with E-state index in [1.807, 2.05) is 48.7 Å². The van der Waals surface area contributed by atoms with Gasteiger partial charge in [0.1, 0.15) is 11.5 Å². The number of pyridine rings is 1. The van der Waals surface area contributed by atoms with Gasteiger partial charge >= 0.3 is 0 Å². The third-order valence-electron chi connectivity index (χ3n) is 5.14. The Morgan fingerprint density at radius 1 is 0.967 bits per heavy atom. The summed E-state index contributed by atoms with van der Waals surface area (Å²) in [5.74, 6) is 1.58. The molecule has 0 amide bonds. The SMILES string of the molecule is Cl.Clc1ccccc1-c1ccc(/C=C2\CCCN=C2c2ccc3ncccc3c2)o1. The van der Waals surface area contributed by atoms with Crippen LogP contribution in [0.4, 0.5) is 0 Å². The van der Waals surface area contributed by atoms with E-state index < -0.39 is 0 Å². The van der Waals surface area contributed by atoms with Crippen molar-refractivity contribution < 1.29 is 4.42 Å². The molecule has 4 aromatic rings. The summed E-state index contributed by atoms with van der Waals surface area (Å²) in [7, 11) is 0. The first-order chi connectivity index (χ1) is 14.3. The van der Waals surface area contributed by atoms with Crippen molar-refractivity contribution in [3.8, 4) is 11.3 Å². The molecule has 0 radical (unpaired) electrons. The van der Waals surface area contributed by atoms with Crippen molar-refractivity contribution in [2.45, 2.75) is 12.8 Å². The highest BCUT2D eigenvalue weighted by Gasteiger charge is 2.16. The van der Waals surface area contributed by atoms with Crippen LogP contribution in [0.1, 0.15) is 24.2 Å². The Bertz CT molecular complexity index is 1260. The van der Waals surface area contributed by atoms with Crippen LogP contribution in [0.5, 0.6) is 0 Å². The molecule has 1 aliphatic heterocycles. The van der Waals surface area contributed by atoms with E-state index in [9.17, 15) is 0 Å². The normalized spacial score (nSPS) is 15.1. The second-order valence-corrected chi connectivity index (χ2v) is 7.50. The maximum atomic E-state index is 6.31. The molecule has 5 heteroatoms. The van der Waals surface area contributed by atoms with Gasteiger partial charge in [-0.15, -0.1) is 12.4 Å². The summed E-state index contributed by atoms with van der Waals surface area (Å²) in [6.07, 6.45) is 5.94. The third kappa shape index (κ3) is 4.04. The smallest absolute Gasteiger partial charge is 0.136 e. The van der Waals surface area contributed by atoms with Gasteiger partial charge in [-0.2, -0.15) is 0 Å². The number of benzene rings is 2. The third-order valence-corrected chi connectivity index (χ3v) is 5.47. The van der Waals surface area contributed by atoms with Crippen LogP contribution in [0.2, 0.25) is 5.02 Å². The lowest BCUT2D eigenvalue weighted by atomic mass is 9.94. The van der Waals surface area contributed by atoms with Crippen molar-refractivity contribution in [1.29, 1.82) is 0 Å². The van der Waals surface area contributed by atoms with Crippen molar-refractivity contribution in [3.05, 3.63) is 94.8 Å². The highest BCUT2D eigenvalue weighted by atomic mass is 35.5. The van der Waals surface area contributed by atoms with Crippen LogP contribution in [0.25, 0.3) is 28.3 Å². The number of aromatic nitrogens is 1. The highest BCUT2D eigenvalue weighted by Crippen LogP contribution is 2.31. The zero-order valence-electron chi connectivity index (χ0n) is 16.2. The summed E-state index contributed by atoms with van der Waals surface area (Å²) >= 11 is 6.31. The van der Waals surface area contributed by atoms with Gasteiger partial charge in [-0.25, -0.2) is 0 Å². The van der Waals surface area contributed by atoms with Gasteiger partial charge < -0.3 is 4.42 Å². The second kappa shape index (κ2) is 8.86. The molecule has 2 aromatic carbocycles. The van der Waals surface area contributed by atoms with Crippen LogP contribution >= 0.6 is 24.0 Å². The lowest BCUT2D eigenvalue weighted by molar-refractivity contribution is 0.571. The number of furan rings is 1. The molecule has 1 aliphatic rings. The Morgan fingerprint density at radius 3 is 2.77 bits per heavy atom. The number of nitrogens with zero attached hydrogens (tertiary/aromatic N) is 2. The summed E-state index contributed by atoms with van der Waals surface area (Å²) in [6.45, 7) is 0.848. The largest absolute Gasteiger partial charge is 0.457 e. The lowest BCUT2D eigenvalue weighted by Gasteiger charge is -2.16. The zero-order chi connectivity index (χ0) is 19.6. The monoisotopic (exact) mass is 434 g/mol. The number of allylic oxidation sites excluding steroid dienone is 1. The molecule has 0 spiro atoms. The van der Waals surface area contributed by atoms with Gasteiger partial charge in [0.05, 0.1) is 16.3 Å². The zero-order valence-corrected chi connectivity index (χ0v) is 17.8. The van der Waals surface area contributed by atoms with E-state index in [4.69, 9.17) is 21.0 Å². The Kier molecular flexibility index (Phi) is 6.03. The quantitative estimate of drug-likeness (QED) is 0.340. The molecule has 0 fully saturated rings. The van der Waals surface area contributed by atoms with Gasteiger partial charge in [0.25, 0.3) is 0 Å². The summed E-state index contributed by atoms with van der Waals surface area (Å²) in [5, 5.41) is 1.81. The Morgan fingerprint density at radius 2 is 1.87 bits per heavy atom. The first-order valence-electron chi connectivity index (χ1n) is 9.73. The molecule has 5 rings (SSSR count). The first kappa shape index (κ1) is 20.4. The Labute approximate surface area is 186 Å². The fourth-order valence-corrected chi connectivity index (χ4v) is 3.96. The van der Waals surface area contributed by atoms with Gasteiger partial charge in [0.2, 0.25) is 0 Å².